The van der Waals surface area contributed by atoms with Gasteiger partial charge in [-0.15, -0.1) is 11.3 Å². The highest BCUT2D eigenvalue weighted by molar-refractivity contribution is 7.10. The van der Waals surface area contributed by atoms with Crippen molar-refractivity contribution in [1.29, 1.82) is 0 Å². The van der Waals surface area contributed by atoms with Gasteiger partial charge < -0.3 is 10.4 Å². The quantitative estimate of drug-likeness (QED) is 0.876. The third kappa shape index (κ3) is 2.49. The summed E-state index contributed by atoms with van der Waals surface area (Å²) in [5, 5.41) is 15.4. The molecule has 1 saturated carbocycles. The Morgan fingerprint density at radius 3 is 3.00 bits per heavy atom. The monoisotopic (exact) mass is 265 g/mol. The number of aliphatic hydroxyl groups excluding tert-OH is 1. The molecule has 2 N–H and O–H groups in total. The molecule has 0 radical (unpaired) electrons. The van der Waals surface area contributed by atoms with E-state index in [1.165, 1.54) is 38.5 Å². The van der Waals surface area contributed by atoms with Gasteiger partial charge in [0.15, 0.2) is 0 Å². The number of fused-ring (bicyclic) bond motifs is 1. The van der Waals surface area contributed by atoms with E-state index >= 15 is 0 Å². The fraction of sp³-hybridized carbons (Fsp3) is 0.733. The van der Waals surface area contributed by atoms with E-state index in [1.807, 2.05) is 11.3 Å². The van der Waals surface area contributed by atoms with Gasteiger partial charge in [-0.05, 0) is 67.5 Å². The Hall–Kier alpha value is -0.380. The van der Waals surface area contributed by atoms with Crippen LogP contribution in [0.25, 0.3) is 0 Å². The van der Waals surface area contributed by atoms with E-state index in [2.05, 4.69) is 16.8 Å². The molecule has 3 unspecified atom stereocenters. The summed E-state index contributed by atoms with van der Waals surface area (Å²) in [7, 11) is 0. The van der Waals surface area contributed by atoms with Crippen molar-refractivity contribution in [3.8, 4) is 0 Å². The SMILES string of the molecule is OCC1CCCC1CNC1CCCc2sccc21. The molecular formula is C15H23NOS. The average molecular weight is 265 g/mol. The van der Waals surface area contributed by atoms with Crippen molar-refractivity contribution in [3.05, 3.63) is 21.9 Å². The van der Waals surface area contributed by atoms with Crippen LogP contribution in [0.15, 0.2) is 11.4 Å². The van der Waals surface area contributed by atoms with Gasteiger partial charge in [-0.1, -0.05) is 6.42 Å². The van der Waals surface area contributed by atoms with Crippen LogP contribution >= 0.6 is 11.3 Å². The summed E-state index contributed by atoms with van der Waals surface area (Å²) >= 11 is 1.91. The molecule has 2 nitrogen and oxygen atoms in total. The van der Waals surface area contributed by atoms with Crippen LogP contribution in [-0.4, -0.2) is 18.3 Å². The van der Waals surface area contributed by atoms with Gasteiger partial charge in [0.2, 0.25) is 0 Å². The molecule has 1 heterocycles. The number of rotatable bonds is 4. The molecule has 3 rings (SSSR count). The lowest BCUT2D eigenvalue weighted by Gasteiger charge is -2.26. The summed E-state index contributed by atoms with van der Waals surface area (Å²) < 4.78 is 0. The van der Waals surface area contributed by atoms with Gasteiger partial charge in [-0.3, -0.25) is 0 Å². The fourth-order valence-electron chi connectivity index (χ4n) is 3.61. The summed E-state index contributed by atoms with van der Waals surface area (Å²) in [6, 6.07) is 2.87. The third-order valence-corrected chi connectivity index (χ3v) is 5.73. The molecule has 0 bridgehead atoms. The first-order chi connectivity index (χ1) is 8.88. The Labute approximate surface area is 113 Å². The Kier molecular flexibility index (Phi) is 4.02. The summed E-state index contributed by atoms with van der Waals surface area (Å²) in [5.41, 5.74) is 1.55. The standard InChI is InChI=1S/C15H23NOS/c17-10-12-4-1-3-11(12)9-16-14-5-2-6-15-13(14)7-8-18-15/h7-8,11-12,14,16-17H,1-6,9-10H2. The van der Waals surface area contributed by atoms with Gasteiger partial charge >= 0.3 is 0 Å². The van der Waals surface area contributed by atoms with Gasteiger partial charge in [0.05, 0.1) is 0 Å². The van der Waals surface area contributed by atoms with Gasteiger partial charge in [-0.2, -0.15) is 0 Å². The number of aliphatic hydroxyl groups is 1. The van der Waals surface area contributed by atoms with E-state index in [0.29, 0.717) is 24.5 Å². The highest BCUT2D eigenvalue weighted by atomic mass is 32.1. The van der Waals surface area contributed by atoms with Gasteiger partial charge in [-0.25, -0.2) is 0 Å². The van der Waals surface area contributed by atoms with Gasteiger partial charge in [0, 0.05) is 17.5 Å². The molecule has 0 amide bonds. The average Bonchev–Trinajstić information content (AvgIpc) is 3.04. The molecule has 0 saturated heterocycles. The van der Waals surface area contributed by atoms with Gasteiger partial charge in [0.1, 0.15) is 0 Å². The molecule has 0 spiro atoms. The predicted molar refractivity (Wildman–Crippen MR) is 75.9 cm³/mol. The first kappa shape index (κ1) is 12.6. The number of hydrogen-bond acceptors (Lipinski definition) is 3. The maximum Gasteiger partial charge on any atom is 0.0462 e. The van der Waals surface area contributed by atoms with Crippen LogP contribution in [0.5, 0.6) is 0 Å². The Morgan fingerprint density at radius 1 is 1.22 bits per heavy atom. The van der Waals surface area contributed by atoms with Crippen LogP contribution in [-0.2, 0) is 6.42 Å². The molecule has 1 fully saturated rings. The second kappa shape index (κ2) is 5.72. The molecule has 3 heteroatoms. The Bertz CT molecular complexity index is 390. The number of thiophene rings is 1. The zero-order valence-electron chi connectivity index (χ0n) is 10.9. The van der Waals surface area contributed by atoms with Crippen molar-refractivity contribution < 1.29 is 5.11 Å². The molecule has 100 valence electrons. The summed E-state index contributed by atoms with van der Waals surface area (Å²) in [6.07, 6.45) is 7.68. The van der Waals surface area contributed by atoms with Crippen LogP contribution in [0, 0.1) is 11.8 Å². The van der Waals surface area contributed by atoms with Crippen LogP contribution < -0.4 is 5.32 Å². The maximum atomic E-state index is 9.37. The maximum absolute atomic E-state index is 9.37. The second-order valence-electron chi connectivity index (χ2n) is 5.79. The van der Waals surface area contributed by atoms with E-state index in [0.717, 1.165) is 6.54 Å². The lowest BCUT2D eigenvalue weighted by Crippen LogP contribution is -2.31. The zero-order valence-corrected chi connectivity index (χ0v) is 11.7. The Morgan fingerprint density at radius 2 is 2.11 bits per heavy atom. The van der Waals surface area contributed by atoms with Crippen LogP contribution in [0.3, 0.4) is 0 Å². The summed E-state index contributed by atoms with van der Waals surface area (Å²) in [4.78, 5) is 1.59. The normalized spacial score (nSPS) is 31.5. The first-order valence-electron chi connectivity index (χ1n) is 7.29. The second-order valence-corrected chi connectivity index (χ2v) is 6.79. The zero-order chi connectivity index (χ0) is 12.4. The summed E-state index contributed by atoms with van der Waals surface area (Å²) in [6.45, 7) is 1.46. The lowest BCUT2D eigenvalue weighted by molar-refractivity contribution is 0.189. The molecule has 2 aliphatic rings. The highest BCUT2D eigenvalue weighted by Gasteiger charge is 2.28. The van der Waals surface area contributed by atoms with Crippen LogP contribution in [0.4, 0.5) is 0 Å². The number of aryl methyl sites for hydroxylation is 1. The fourth-order valence-corrected chi connectivity index (χ4v) is 4.60. The molecule has 18 heavy (non-hydrogen) atoms. The number of nitrogens with one attached hydrogen (secondary N) is 1. The van der Waals surface area contributed by atoms with Crippen molar-refractivity contribution in [2.75, 3.05) is 13.2 Å². The molecule has 1 aromatic heterocycles. The van der Waals surface area contributed by atoms with Crippen molar-refractivity contribution in [2.45, 2.75) is 44.6 Å². The molecule has 0 aliphatic heterocycles. The van der Waals surface area contributed by atoms with Crippen LogP contribution in [0.2, 0.25) is 0 Å². The third-order valence-electron chi connectivity index (χ3n) is 4.73. The largest absolute Gasteiger partial charge is 0.396 e. The van der Waals surface area contributed by atoms with Crippen molar-refractivity contribution in [1.82, 2.24) is 5.32 Å². The minimum atomic E-state index is 0.376. The summed E-state index contributed by atoms with van der Waals surface area (Å²) in [5.74, 6) is 1.24. The van der Waals surface area contributed by atoms with E-state index in [9.17, 15) is 5.11 Å². The smallest absolute Gasteiger partial charge is 0.0462 e. The van der Waals surface area contributed by atoms with E-state index in [-0.39, 0.29) is 0 Å². The molecule has 3 atom stereocenters. The predicted octanol–water partition coefficient (Wildman–Crippen LogP) is 3.12. The van der Waals surface area contributed by atoms with Crippen molar-refractivity contribution in [3.63, 3.8) is 0 Å². The molecule has 0 aromatic carbocycles. The van der Waals surface area contributed by atoms with E-state index in [1.54, 1.807) is 10.4 Å². The topological polar surface area (TPSA) is 32.3 Å². The first-order valence-corrected chi connectivity index (χ1v) is 8.17. The van der Waals surface area contributed by atoms with Crippen molar-refractivity contribution in [2.24, 2.45) is 11.8 Å². The minimum absolute atomic E-state index is 0.376. The molecule has 1 aromatic rings. The highest BCUT2D eigenvalue weighted by Crippen LogP contribution is 2.35. The minimum Gasteiger partial charge on any atom is -0.396 e. The molecular weight excluding hydrogens is 242 g/mol. The van der Waals surface area contributed by atoms with E-state index < -0.39 is 0 Å². The van der Waals surface area contributed by atoms with Crippen molar-refractivity contribution >= 4 is 11.3 Å². The molecule has 2 aliphatic carbocycles. The van der Waals surface area contributed by atoms with Gasteiger partial charge in [0.25, 0.3) is 0 Å². The van der Waals surface area contributed by atoms with E-state index in [4.69, 9.17) is 0 Å². The Balaban J connectivity index is 1.58. The lowest BCUT2D eigenvalue weighted by atomic mass is 9.92. The van der Waals surface area contributed by atoms with Crippen LogP contribution in [0.1, 0.15) is 48.6 Å². The number of hydrogen-bond donors (Lipinski definition) is 2.